The molecule has 0 saturated heterocycles. The lowest BCUT2D eigenvalue weighted by Crippen LogP contribution is -2.16. The van der Waals surface area contributed by atoms with Crippen LogP contribution in [0.2, 0.25) is 0 Å². The van der Waals surface area contributed by atoms with Crippen LogP contribution in [0.25, 0.3) is 0 Å². The second kappa shape index (κ2) is 8.53. The number of aromatic hydroxyl groups is 2. The molecule has 4 aromatic carbocycles. The van der Waals surface area contributed by atoms with Crippen molar-refractivity contribution in [3.63, 3.8) is 0 Å². The van der Waals surface area contributed by atoms with Gasteiger partial charge in [0.25, 0.3) is 5.91 Å². The van der Waals surface area contributed by atoms with E-state index in [-0.39, 0.29) is 23.3 Å². The number of anilines is 1. The molecule has 0 bridgehead atoms. The first-order valence-electron chi connectivity index (χ1n) is 9.65. The average molecular weight is 395 g/mol. The number of hydrogen-bond donors (Lipinski definition) is 3. The van der Waals surface area contributed by atoms with Crippen molar-refractivity contribution >= 4 is 11.6 Å². The molecule has 4 rings (SSSR count). The van der Waals surface area contributed by atoms with Crippen LogP contribution >= 0.6 is 0 Å². The minimum Gasteiger partial charge on any atom is -0.508 e. The Morgan fingerprint density at radius 2 is 1.13 bits per heavy atom. The van der Waals surface area contributed by atoms with Crippen LogP contribution in [0.5, 0.6) is 11.5 Å². The average Bonchev–Trinajstić information content (AvgIpc) is 2.77. The number of carbonyl (C=O) groups excluding carboxylic acids is 1. The van der Waals surface area contributed by atoms with E-state index in [1.807, 2.05) is 72.8 Å². The number of benzene rings is 4. The van der Waals surface area contributed by atoms with Crippen LogP contribution in [0, 0.1) is 0 Å². The lowest BCUT2D eigenvalue weighted by molar-refractivity contribution is 0.102. The Bertz CT molecular complexity index is 1090. The van der Waals surface area contributed by atoms with Crippen LogP contribution in [-0.2, 0) is 0 Å². The molecule has 4 nitrogen and oxygen atoms in total. The zero-order chi connectivity index (χ0) is 20.9. The van der Waals surface area contributed by atoms with E-state index in [2.05, 4.69) is 5.32 Å². The minimum atomic E-state index is -0.246. The summed E-state index contributed by atoms with van der Waals surface area (Å²) < 4.78 is 0. The minimum absolute atomic E-state index is 0.179. The van der Waals surface area contributed by atoms with Gasteiger partial charge < -0.3 is 15.5 Å². The quantitative estimate of drug-likeness (QED) is 0.389. The molecule has 4 heteroatoms. The van der Waals surface area contributed by atoms with E-state index in [0.717, 1.165) is 22.4 Å². The molecule has 0 aliphatic heterocycles. The summed E-state index contributed by atoms with van der Waals surface area (Å²) >= 11 is 0. The Morgan fingerprint density at radius 3 is 1.70 bits per heavy atom. The first-order valence-corrected chi connectivity index (χ1v) is 9.65. The van der Waals surface area contributed by atoms with Crippen molar-refractivity contribution in [1.29, 1.82) is 0 Å². The maximum absolute atomic E-state index is 13.1. The second-order valence-electron chi connectivity index (χ2n) is 7.02. The van der Waals surface area contributed by atoms with Crippen LogP contribution in [0.3, 0.4) is 0 Å². The predicted octanol–water partition coefficient (Wildman–Crippen LogP) is 5.53. The number of amides is 1. The number of phenols is 2. The fourth-order valence-corrected chi connectivity index (χ4v) is 3.56. The highest BCUT2D eigenvalue weighted by Gasteiger charge is 2.22. The molecule has 1 amide bonds. The fraction of sp³-hybridized carbons (Fsp3) is 0.0385. The number of hydrogen-bond acceptors (Lipinski definition) is 3. The van der Waals surface area contributed by atoms with Gasteiger partial charge in [-0.15, -0.1) is 0 Å². The molecule has 0 aliphatic carbocycles. The zero-order valence-electron chi connectivity index (χ0n) is 16.2. The van der Waals surface area contributed by atoms with E-state index in [9.17, 15) is 15.0 Å². The van der Waals surface area contributed by atoms with Crippen molar-refractivity contribution in [3.05, 3.63) is 125 Å². The smallest absolute Gasteiger partial charge is 0.255 e. The highest BCUT2D eigenvalue weighted by molar-refractivity contribution is 6.05. The van der Waals surface area contributed by atoms with Crippen molar-refractivity contribution in [2.45, 2.75) is 5.92 Å². The second-order valence-corrected chi connectivity index (χ2v) is 7.02. The van der Waals surface area contributed by atoms with Gasteiger partial charge in [-0.2, -0.15) is 0 Å². The molecule has 148 valence electrons. The third-order valence-electron chi connectivity index (χ3n) is 5.00. The number of carbonyl (C=O) groups is 1. The van der Waals surface area contributed by atoms with Gasteiger partial charge in [-0.1, -0.05) is 60.7 Å². The van der Waals surface area contributed by atoms with E-state index in [4.69, 9.17) is 0 Å². The monoisotopic (exact) mass is 395 g/mol. The molecule has 4 aromatic rings. The van der Waals surface area contributed by atoms with Crippen LogP contribution in [0.15, 0.2) is 103 Å². The molecule has 0 radical (unpaired) electrons. The summed E-state index contributed by atoms with van der Waals surface area (Å²) in [5, 5.41) is 22.4. The summed E-state index contributed by atoms with van der Waals surface area (Å²) in [4.78, 5) is 13.1. The normalized spacial score (nSPS) is 10.7. The first-order chi connectivity index (χ1) is 14.6. The van der Waals surface area contributed by atoms with Gasteiger partial charge in [0.05, 0.1) is 0 Å². The van der Waals surface area contributed by atoms with Gasteiger partial charge >= 0.3 is 0 Å². The molecule has 0 saturated carbocycles. The van der Waals surface area contributed by atoms with Crippen molar-refractivity contribution in [3.8, 4) is 11.5 Å². The molecule has 3 N–H and O–H groups in total. The molecule has 0 spiro atoms. The lowest BCUT2D eigenvalue weighted by atomic mass is 9.82. The topological polar surface area (TPSA) is 69.6 Å². The van der Waals surface area contributed by atoms with Crippen molar-refractivity contribution in [2.75, 3.05) is 5.32 Å². The van der Waals surface area contributed by atoms with Crippen molar-refractivity contribution in [1.82, 2.24) is 0 Å². The SMILES string of the molecule is O=C(Nc1ccccc1)c1ccccc1C(c1ccc(O)cc1)c1ccc(O)cc1. The third kappa shape index (κ3) is 4.18. The standard InChI is InChI=1S/C26H21NO3/c28-21-14-10-18(11-15-21)25(19-12-16-22(29)17-13-19)23-8-4-5-9-24(23)26(30)27-20-6-2-1-3-7-20/h1-17,25,28-29H,(H,27,30). The summed E-state index contributed by atoms with van der Waals surface area (Å²) in [7, 11) is 0. The molecule has 0 atom stereocenters. The van der Waals surface area contributed by atoms with E-state index in [1.165, 1.54) is 0 Å². The van der Waals surface area contributed by atoms with Gasteiger partial charge in [-0.25, -0.2) is 0 Å². The van der Waals surface area contributed by atoms with E-state index in [1.54, 1.807) is 30.3 Å². The van der Waals surface area contributed by atoms with Crippen LogP contribution in [0.1, 0.15) is 33.0 Å². The van der Waals surface area contributed by atoms with Crippen molar-refractivity contribution < 1.29 is 15.0 Å². The summed E-state index contributed by atoms with van der Waals surface area (Å²) in [5.41, 5.74) is 3.98. The van der Waals surface area contributed by atoms with Gasteiger partial charge in [-0.05, 0) is 59.2 Å². The van der Waals surface area contributed by atoms with Crippen molar-refractivity contribution in [2.24, 2.45) is 0 Å². The summed E-state index contributed by atoms with van der Waals surface area (Å²) in [6.07, 6.45) is 0. The molecular formula is C26H21NO3. The highest BCUT2D eigenvalue weighted by atomic mass is 16.3. The van der Waals surface area contributed by atoms with Gasteiger partial charge in [0.2, 0.25) is 0 Å². The van der Waals surface area contributed by atoms with Gasteiger partial charge in [-0.3, -0.25) is 4.79 Å². The molecule has 0 fully saturated rings. The van der Waals surface area contributed by atoms with Crippen LogP contribution in [0.4, 0.5) is 5.69 Å². The number of rotatable bonds is 5. The van der Waals surface area contributed by atoms with Crippen LogP contribution < -0.4 is 5.32 Å². The maximum atomic E-state index is 13.1. The summed E-state index contributed by atoms with van der Waals surface area (Å²) in [5.74, 6) is -0.0834. The largest absolute Gasteiger partial charge is 0.508 e. The number of para-hydroxylation sites is 1. The molecule has 30 heavy (non-hydrogen) atoms. The predicted molar refractivity (Wildman–Crippen MR) is 118 cm³/mol. The Morgan fingerprint density at radius 1 is 0.633 bits per heavy atom. The van der Waals surface area contributed by atoms with Crippen LogP contribution in [-0.4, -0.2) is 16.1 Å². The Labute approximate surface area is 175 Å². The lowest BCUT2D eigenvalue weighted by Gasteiger charge is -2.22. The summed E-state index contributed by atoms with van der Waals surface area (Å²) in [6.45, 7) is 0. The molecule has 0 heterocycles. The van der Waals surface area contributed by atoms with E-state index in [0.29, 0.717) is 5.56 Å². The van der Waals surface area contributed by atoms with Gasteiger partial charge in [0.1, 0.15) is 11.5 Å². The molecular weight excluding hydrogens is 374 g/mol. The summed E-state index contributed by atoms with van der Waals surface area (Å²) in [6, 6.07) is 30.7. The molecule has 0 unspecified atom stereocenters. The highest BCUT2D eigenvalue weighted by Crippen LogP contribution is 2.35. The van der Waals surface area contributed by atoms with E-state index < -0.39 is 0 Å². The number of nitrogens with one attached hydrogen (secondary N) is 1. The zero-order valence-corrected chi connectivity index (χ0v) is 16.2. The number of phenolic OH excluding ortho intramolecular Hbond substituents is 2. The first kappa shape index (κ1) is 19.3. The van der Waals surface area contributed by atoms with E-state index >= 15 is 0 Å². The van der Waals surface area contributed by atoms with Gasteiger partial charge in [0.15, 0.2) is 0 Å². The third-order valence-corrected chi connectivity index (χ3v) is 5.00. The fourth-order valence-electron chi connectivity index (χ4n) is 3.56. The Balaban J connectivity index is 1.80. The molecule has 0 aromatic heterocycles. The maximum Gasteiger partial charge on any atom is 0.255 e. The van der Waals surface area contributed by atoms with Gasteiger partial charge in [0, 0.05) is 17.2 Å². The molecule has 0 aliphatic rings. The Kier molecular flexibility index (Phi) is 5.48. The Hall–Kier alpha value is -4.05.